The molecule has 1 saturated heterocycles. The molecule has 0 spiro atoms. The molecular formula is C30H29NO6. The number of anilines is 1. The quantitative estimate of drug-likeness (QED) is 0.219. The molecule has 0 aliphatic carbocycles. The van der Waals surface area contributed by atoms with Gasteiger partial charge in [0.15, 0.2) is 0 Å². The zero-order chi connectivity index (χ0) is 26.9. The number of nitrogens with zero attached hydrogens (tertiary/aromatic N) is 1. The molecule has 1 unspecified atom stereocenters. The van der Waals surface area contributed by atoms with Crippen LogP contribution in [0.1, 0.15) is 53.9 Å². The second kappa shape index (κ2) is 9.93. The monoisotopic (exact) mass is 499 g/mol. The van der Waals surface area contributed by atoms with Crippen LogP contribution in [0.2, 0.25) is 0 Å². The summed E-state index contributed by atoms with van der Waals surface area (Å²) in [5, 5.41) is 11.6. The molecule has 190 valence electrons. The average molecular weight is 500 g/mol. The fourth-order valence-electron chi connectivity index (χ4n) is 4.43. The Kier molecular flexibility index (Phi) is 6.90. The SMILES string of the molecule is COC(=O)c1ccc(N2C(=O)C(=O)/C(=C(/O)c3cc(C(C)(C)C)ccc3OC)C2c2ccccc2)cc1. The van der Waals surface area contributed by atoms with E-state index in [4.69, 9.17) is 9.47 Å². The first kappa shape index (κ1) is 25.7. The molecule has 1 aliphatic rings. The zero-order valence-electron chi connectivity index (χ0n) is 21.4. The number of benzene rings is 3. The minimum absolute atomic E-state index is 0.0439. The molecule has 0 saturated carbocycles. The van der Waals surface area contributed by atoms with Crippen molar-refractivity contribution in [2.45, 2.75) is 32.2 Å². The minimum atomic E-state index is -0.895. The fourth-order valence-corrected chi connectivity index (χ4v) is 4.43. The lowest BCUT2D eigenvalue weighted by atomic mass is 9.85. The van der Waals surface area contributed by atoms with Gasteiger partial charge in [0.25, 0.3) is 11.7 Å². The average Bonchev–Trinajstić information content (AvgIpc) is 3.17. The summed E-state index contributed by atoms with van der Waals surface area (Å²) in [6.07, 6.45) is 0. The van der Waals surface area contributed by atoms with Crippen LogP contribution in [0.4, 0.5) is 5.69 Å². The van der Waals surface area contributed by atoms with Crippen LogP contribution in [0.3, 0.4) is 0 Å². The van der Waals surface area contributed by atoms with Gasteiger partial charge in [-0.2, -0.15) is 0 Å². The van der Waals surface area contributed by atoms with Crippen LogP contribution in [0.15, 0.2) is 78.4 Å². The molecule has 1 fully saturated rings. The van der Waals surface area contributed by atoms with Crippen LogP contribution >= 0.6 is 0 Å². The van der Waals surface area contributed by atoms with Gasteiger partial charge >= 0.3 is 5.97 Å². The molecule has 0 bridgehead atoms. The summed E-state index contributed by atoms with van der Waals surface area (Å²) >= 11 is 0. The Bertz CT molecular complexity index is 1380. The van der Waals surface area contributed by atoms with Crippen molar-refractivity contribution >= 4 is 29.1 Å². The summed E-state index contributed by atoms with van der Waals surface area (Å²) in [7, 11) is 2.77. The van der Waals surface area contributed by atoms with E-state index in [9.17, 15) is 19.5 Å². The standard InChI is InChI=1S/C30H29NO6/c1-30(2,3)20-13-16-23(36-4)22(17-20)26(32)24-25(18-9-7-6-8-10-18)31(28(34)27(24)33)21-14-11-19(12-15-21)29(35)37-5/h6-17,25,32H,1-5H3/b26-24+. The van der Waals surface area contributed by atoms with Crippen molar-refractivity contribution in [2.24, 2.45) is 0 Å². The molecule has 3 aromatic carbocycles. The third kappa shape index (κ3) is 4.72. The molecule has 1 N–H and O–H groups in total. The molecule has 4 rings (SSSR count). The van der Waals surface area contributed by atoms with E-state index >= 15 is 0 Å². The highest BCUT2D eigenvalue weighted by Gasteiger charge is 2.47. The summed E-state index contributed by atoms with van der Waals surface area (Å²) < 4.78 is 10.3. The van der Waals surface area contributed by atoms with Gasteiger partial charge in [-0.25, -0.2) is 4.79 Å². The topological polar surface area (TPSA) is 93.1 Å². The number of amides is 1. The Hall–Kier alpha value is -4.39. The first-order valence-electron chi connectivity index (χ1n) is 11.8. The molecule has 37 heavy (non-hydrogen) atoms. The van der Waals surface area contributed by atoms with Gasteiger partial charge in [0, 0.05) is 5.69 Å². The molecule has 1 aliphatic heterocycles. The minimum Gasteiger partial charge on any atom is -0.507 e. The van der Waals surface area contributed by atoms with Gasteiger partial charge in [-0.05, 0) is 52.9 Å². The lowest BCUT2D eigenvalue weighted by molar-refractivity contribution is -0.132. The Morgan fingerprint density at radius 2 is 1.57 bits per heavy atom. The normalized spacial score (nSPS) is 17.1. The largest absolute Gasteiger partial charge is 0.507 e. The Morgan fingerprint density at radius 3 is 2.14 bits per heavy atom. The maximum Gasteiger partial charge on any atom is 0.337 e. The highest BCUT2D eigenvalue weighted by molar-refractivity contribution is 6.51. The van der Waals surface area contributed by atoms with Crippen molar-refractivity contribution in [3.63, 3.8) is 0 Å². The third-order valence-corrected chi connectivity index (χ3v) is 6.45. The maximum atomic E-state index is 13.5. The number of Topliss-reactive ketones (excluding diaryl/α,β-unsaturated/α-hetero) is 1. The van der Waals surface area contributed by atoms with Crippen LogP contribution in [-0.2, 0) is 19.7 Å². The predicted molar refractivity (Wildman–Crippen MR) is 141 cm³/mol. The molecule has 7 nitrogen and oxygen atoms in total. The highest BCUT2D eigenvalue weighted by Crippen LogP contribution is 2.43. The number of aliphatic hydroxyl groups is 1. The molecule has 1 atom stereocenters. The lowest BCUT2D eigenvalue weighted by Crippen LogP contribution is -2.29. The summed E-state index contributed by atoms with van der Waals surface area (Å²) in [4.78, 5) is 40.1. The van der Waals surface area contributed by atoms with Gasteiger partial charge in [0.2, 0.25) is 0 Å². The number of hydrogen-bond acceptors (Lipinski definition) is 6. The number of ether oxygens (including phenoxy) is 2. The van der Waals surface area contributed by atoms with Crippen molar-refractivity contribution in [1.29, 1.82) is 0 Å². The number of aliphatic hydroxyl groups excluding tert-OH is 1. The highest BCUT2D eigenvalue weighted by atomic mass is 16.5. The van der Waals surface area contributed by atoms with Gasteiger partial charge in [0.1, 0.15) is 11.5 Å². The predicted octanol–water partition coefficient (Wildman–Crippen LogP) is 5.41. The van der Waals surface area contributed by atoms with Crippen molar-refractivity contribution in [3.8, 4) is 5.75 Å². The van der Waals surface area contributed by atoms with E-state index in [0.717, 1.165) is 5.56 Å². The zero-order valence-corrected chi connectivity index (χ0v) is 21.4. The molecule has 1 amide bonds. The number of hydrogen-bond donors (Lipinski definition) is 1. The number of esters is 1. The first-order chi connectivity index (χ1) is 17.6. The van der Waals surface area contributed by atoms with Crippen molar-refractivity contribution in [1.82, 2.24) is 0 Å². The number of carbonyl (C=O) groups excluding carboxylic acids is 3. The van der Waals surface area contributed by atoms with Crippen molar-refractivity contribution < 1.29 is 29.0 Å². The maximum absolute atomic E-state index is 13.5. The van der Waals surface area contributed by atoms with Crippen LogP contribution in [0, 0.1) is 0 Å². The van der Waals surface area contributed by atoms with E-state index in [0.29, 0.717) is 28.1 Å². The van der Waals surface area contributed by atoms with E-state index in [1.807, 2.05) is 32.9 Å². The second-order valence-corrected chi connectivity index (χ2v) is 9.78. The number of methoxy groups -OCH3 is 2. The van der Waals surface area contributed by atoms with E-state index in [-0.39, 0.29) is 16.7 Å². The van der Waals surface area contributed by atoms with E-state index in [1.165, 1.54) is 31.3 Å². The Balaban J connectivity index is 1.94. The first-order valence-corrected chi connectivity index (χ1v) is 11.8. The third-order valence-electron chi connectivity index (χ3n) is 6.45. The van der Waals surface area contributed by atoms with E-state index < -0.39 is 23.7 Å². The van der Waals surface area contributed by atoms with Crippen LogP contribution in [0.5, 0.6) is 5.75 Å². The Morgan fingerprint density at radius 1 is 0.919 bits per heavy atom. The molecule has 3 aromatic rings. The van der Waals surface area contributed by atoms with E-state index in [1.54, 1.807) is 48.5 Å². The lowest BCUT2D eigenvalue weighted by Gasteiger charge is -2.26. The second-order valence-electron chi connectivity index (χ2n) is 9.78. The van der Waals surface area contributed by atoms with Crippen molar-refractivity contribution in [2.75, 3.05) is 19.1 Å². The van der Waals surface area contributed by atoms with Gasteiger partial charge in [-0.15, -0.1) is 0 Å². The molecule has 7 heteroatoms. The number of carbonyl (C=O) groups is 3. The molecular weight excluding hydrogens is 470 g/mol. The number of rotatable bonds is 5. The Labute approximate surface area is 215 Å². The summed E-state index contributed by atoms with van der Waals surface area (Å²) in [6, 6.07) is 19.8. The van der Waals surface area contributed by atoms with Gasteiger partial charge < -0.3 is 14.6 Å². The molecule has 0 radical (unpaired) electrons. The van der Waals surface area contributed by atoms with Crippen LogP contribution < -0.4 is 9.64 Å². The van der Waals surface area contributed by atoms with Gasteiger partial charge in [-0.1, -0.05) is 57.2 Å². The van der Waals surface area contributed by atoms with Crippen molar-refractivity contribution in [3.05, 3.63) is 101 Å². The molecule has 1 heterocycles. The van der Waals surface area contributed by atoms with E-state index in [2.05, 4.69) is 0 Å². The van der Waals surface area contributed by atoms with Gasteiger partial charge in [0.05, 0.1) is 37.0 Å². The van der Waals surface area contributed by atoms with Crippen LogP contribution in [-0.4, -0.2) is 37.0 Å². The molecule has 0 aromatic heterocycles. The summed E-state index contributed by atoms with van der Waals surface area (Å²) in [5.74, 6) is -2.05. The number of ketones is 1. The fraction of sp³-hybridized carbons (Fsp3) is 0.233. The van der Waals surface area contributed by atoms with Gasteiger partial charge in [-0.3, -0.25) is 14.5 Å². The summed E-state index contributed by atoms with van der Waals surface area (Å²) in [5.41, 5.74) is 2.34. The van der Waals surface area contributed by atoms with Crippen LogP contribution in [0.25, 0.3) is 5.76 Å². The summed E-state index contributed by atoms with van der Waals surface area (Å²) in [6.45, 7) is 6.12. The smallest absolute Gasteiger partial charge is 0.337 e.